The molecule has 3 nitrogen and oxygen atoms in total. The van der Waals surface area contributed by atoms with E-state index in [1.54, 1.807) is 6.07 Å². The highest BCUT2D eigenvalue weighted by molar-refractivity contribution is 7.16. The largest absolute Gasteiger partial charge is 0.316 e. The molecule has 0 saturated heterocycles. The molecule has 20 heavy (non-hydrogen) atoms. The molecule has 0 atom stereocenters. The number of hydrogen-bond acceptors (Lipinski definition) is 3. The molecule has 2 aromatic rings. The summed E-state index contributed by atoms with van der Waals surface area (Å²) < 4.78 is 0. The number of carbonyl (C=O) groups is 1. The van der Waals surface area contributed by atoms with Crippen LogP contribution in [0.15, 0.2) is 24.3 Å². The Morgan fingerprint density at radius 2 is 2.10 bits per heavy atom. The van der Waals surface area contributed by atoms with E-state index in [4.69, 9.17) is 16.9 Å². The molecule has 0 aliphatic carbocycles. The molecule has 0 fully saturated rings. The van der Waals surface area contributed by atoms with Gasteiger partial charge in [-0.05, 0) is 31.0 Å². The van der Waals surface area contributed by atoms with Crippen LogP contribution in [-0.2, 0) is 11.2 Å². The summed E-state index contributed by atoms with van der Waals surface area (Å²) in [6, 6.07) is 9.37. The van der Waals surface area contributed by atoms with Crippen molar-refractivity contribution in [3.63, 3.8) is 0 Å². The van der Waals surface area contributed by atoms with Gasteiger partial charge in [-0.15, -0.1) is 11.3 Å². The van der Waals surface area contributed by atoms with Crippen molar-refractivity contribution in [2.75, 3.05) is 5.32 Å². The fraction of sp³-hybridized carbons (Fsp3) is 0.200. The predicted molar refractivity (Wildman–Crippen MR) is 82.3 cm³/mol. The molecule has 0 radical (unpaired) electrons. The van der Waals surface area contributed by atoms with Crippen molar-refractivity contribution in [2.45, 2.75) is 20.3 Å². The number of halogens is 1. The third-order valence-electron chi connectivity index (χ3n) is 3.06. The Morgan fingerprint density at radius 1 is 1.40 bits per heavy atom. The van der Waals surface area contributed by atoms with Gasteiger partial charge in [0.1, 0.15) is 11.1 Å². The molecule has 2 rings (SSSR count). The summed E-state index contributed by atoms with van der Waals surface area (Å²) in [6.07, 6.45) is 0.195. The quantitative estimate of drug-likeness (QED) is 0.929. The van der Waals surface area contributed by atoms with Gasteiger partial charge >= 0.3 is 0 Å². The SMILES string of the molecule is Cc1sc(NC(=O)Cc2ccccc2Cl)c(C#N)c1C. The van der Waals surface area contributed by atoms with Crippen molar-refractivity contribution in [3.8, 4) is 6.07 Å². The fourth-order valence-electron chi connectivity index (χ4n) is 1.84. The molecular formula is C15H13ClN2OS. The van der Waals surface area contributed by atoms with Crippen LogP contribution in [0.5, 0.6) is 0 Å². The highest BCUT2D eigenvalue weighted by Gasteiger charge is 2.15. The summed E-state index contributed by atoms with van der Waals surface area (Å²) in [5.74, 6) is -0.171. The van der Waals surface area contributed by atoms with E-state index in [2.05, 4.69) is 11.4 Å². The smallest absolute Gasteiger partial charge is 0.229 e. The number of hydrogen-bond donors (Lipinski definition) is 1. The minimum Gasteiger partial charge on any atom is -0.316 e. The molecule has 1 aromatic carbocycles. The minimum absolute atomic E-state index is 0.171. The monoisotopic (exact) mass is 304 g/mol. The summed E-state index contributed by atoms with van der Waals surface area (Å²) in [4.78, 5) is 13.1. The number of nitriles is 1. The van der Waals surface area contributed by atoms with Crippen LogP contribution in [0.1, 0.15) is 21.6 Å². The lowest BCUT2D eigenvalue weighted by molar-refractivity contribution is -0.115. The molecule has 0 saturated carbocycles. The van der Waals surface area contributed by atoms with Crippen LogP contribution in [0, 0.1) is 25.2 Å². The lowest BCUT2D eigenvalue weighted by Crippen LogP contribution is -2.14. The highest BCUT2D eigenvalue weighted by atomic mass is 35.5. The molecule has 0 aliphatic heterocycles. The number of amides is 1. The Balaban J connectivity index is 2.16. The van der Waals surface area contributed by atoms with E-state index in [1.165, 1.54) is 11.3 Å². The van der Waals surface area contributed by atoms with Crippen molar-refractivity contribution >= 4 is 33.8 Å². The number of benzene rings is 1. The average Bonchev–Trinajstić information content (AvgIpc) is 2.67. The van der Waals surface area contributed by atoms with E-state index in [0.717, 1.165) is 16.0 Å². The van der Waals surface area contributed by atoms with Crippen molar-refractivity contribution < 1.29 is 4.79 Å². The van der Waals surface area contributed by atoms with E-state index in [1.807, 2.05) is 32.0 Å². The summed E-state index contributed by atoms with van der Waals surface area (Å²) >= 11 is 7.45. The minimum atomic E-state index is -0.171. The molecule has 0 bridgehead atoms. The molecule has 102 valence electrons. The molecular weight excluding hydrogens is 292 g/mol. The molecule has 0 unspecified atom stereocenters. The number of rotatable bonds is 3. The van der Waals surface area contributed by atoms with Gasteiger partial charge in [-0.3, -0.25) is 4.79 Å². The standard InChI is InChI=1S/C15H13ClN2OS/c1-9-10(2)20-15(12(9)8-17)18-14(19)7-11-5-3-4-6-13(11)16/h3-6H,7H2,1-2H3,(H,18,19). The normalized spacial score (nSPS) is 10.1. The van der Waals surface area contributed by atoms with Gasteiger partial charge in [-0.2, -0.15) is 5.26 Å². The summed E-state index contributed by atoms with van der Waals surface area (Å²) in [5.41, 5.74) is 2.24. The first-order chi connectivity index (χ1) is 9.52. The molecule has 1 amide bonds. The van der Waals surface area contributed by atoms with Crippen LogP contribution in [0.2, 0.25) is 5.02 Å². The van der Waals surface area contributed by atoms with Gasteiger partial charge in [0.2, 0.25) is 5.91 Å². The first-order valence-electron chi connectivity index (χ1n) is 6.06. The number of carbonyl (C=O) groups excluding carboxylic acids is 1. The Labute approximate surface area is 126 Å². The highest BCUT2D eigenvalue weighted by Crippen LogP contribution is 2.31. The molecule has 1 N–H and O–H groups in total. The van der Waals surface area contributed by atoms with Gasteiger partial charge in [0, 0.05) is 9.90 Å². The lowest BCUT2D eigenvalue weighted by Gasteiger charge is -2.05. The van der Waals surface area contributed by atoms with Crippen LogP contribution in [0.4, 0.5) is 5.00 Å². The van der Waals surface area contributed by atoms with Crippen LogP contribution < -0.4 is 5.32 Å². The Morgan fingerprint density at radius 3 is 2.75 bits per heavy atom. The number of anilines is 1. The summed E-state index contributed by atoms with van der Waals surface area (Å²) in [5, 5.41) is 13.1. The van der Waals surface area contributed by atoms with Gasteiger partial charge in [-0.25, -0.2) is 0 Å². The van der Waals surface area contributed by atoms with Gasteiger partial charge in [0.05, 0.1) is 12.0 Å². The Hall–Kier alpha value is -1.83. The molecule has 5 heteroatoms. The van der Waals surface area contributed by atoms with Gasteiger partial charge in [0.15, 0.2) is 0 Å². The molecule has 0 spiro atoms. The Kier molecular flexibility index (Phi) is 4.43. The number of aryl methyl sites for hydroxylation is 1. The zero-order chi connectivity index (χ0) is 14.7. The fourth-order valence-corrected chi connectivity index (χ4v) is 3.06. The molecule has 0 aliphatic rings. The maximum atomic E-state index is 12.1. The maximum Gasteiger partial charge on any atom is 0.229 e. The van der Waals surface area contributed by atoms with Crippen molar-refractivity contribution in [1.29, 1.82) is 5.26 Å². The number of nitrogens with one attached hydrogen (secondary N) is 1. The first-order valence-corrected chi connectivity index (χ1v) is 7.25. The van der Waals surface area contributed by atoms with Crippen molar-refractivity contribution in [3.05, 3.63) is 50.9 Å². The summed E-state index contributed by atoms with van der Waals surface area (Å²) in [7, 11) is 0. The van der Waals surface area contributed by atoms with E-state index in [-0.39, 0.29) is 12.3 Å². The second-order valence-electron chi connectivity index (χ2n) is 4.42. The van der Waals surface area contributed by atoms with Crippen LogP contribution in [0.3, 0.4) is 0 Å². The molecule has 1 heterocycles. The molecule has 1 aromatic heterocycles. The van der Waals surface area contributed by atoms with E-state index >= 15 is 0 Å². The van der Waals surface area contributed by atoms with Gasteiger partial charge in [0.25, 0.3) is 0 Å². The topological polar surface area (TPSA) is 52.9 Å². The zero-order valence-corrected chi connectivity index (χ0v) is 12.7. The lowest BCUT2D eigenvalue weighted by atomic mass is 10.1. The predicted octanol–water partition coefficient (Wildman–Crippen LogP) is 4.07. The van der Waals surface area contributed by atoms with Crippen LogP contribution >= 0.6 is 22.9 Å². The second-order valence-corrected chi connectivity index (χ2v) is 6.05. The maximum absolute atomic E-state index is 12.1. The van der Waals surface area contributed by atoms with Gasteiger partial charge < -0.3 is 5.32 Å². The zero-order valence-electron chi connectivity index (χ0n) is 11.2. The van der Waals surface area contributed by atoms with Gasteiger partial charge in [-0.1, -0.05) is 29.8 Å². The van der Waals surface area contributed by atoms with E-state index < -0.39 is 0 Å². The number of thiophene rings is 1. The van der Waals surface area contributed by atoms with Crippen LogP contribution in [0.25, 0.3) is 0 Å². The first kappa shape index (κ1) is 14.6. The average molecular weight is 305 g/mol. The van der Waals surface area contributed by atoms with Crippen molar-refractivity contribution in [1.82, 2.24) is 0 Å². The van der Waals surface area contributed by atoms with E-state index in [9.17, 15) is 4.79 Å². The third-order valence-corrected chi connectivity index (χ3v) is 4.55. The number of nitrogens with zero attached hydrogens (tertiary/aromatic N) is 1. The second kappa shape index (κ2) is 6.08. The Bertz CT molecular complexity index is 700. The van der Waals surface area contributed by atoms with E-state index in [0.29, 0.717) is 15.6 Å². The van der Waals surface area contributed by atoms with Crippen LogP contribution in [-0.4, -0.2) is 5.91 Å². The third kappa shape index (κ3) is 3.01. The summed E-state index contributed by atoms with van der Waals surface area (Å²) in [6.45, 7) is 3.82. The van der Waals surface area contributed by atoms with Crippen molar-refractivity contribution in [2.24, 2.45) is 0 Å².